The number of phenols is 1. The Hall–Kier alpha value is -1.09. The molecule has 0 aromatic heterocycles. The van der Waals surface area contributed by atoms with Crippen molar-refractivity contribution < 1.29 is 9.50 Å². The molecule has 1 rings (SSSR count). The van der Waals surface area contributed by atoms with Crippen LogP contribution >= 0.6 is 0 Å². The van der Waals surface area contributed by atoms with Crippen LogP contribution in [0, 0.1) is 11.7 Å². The quantitative estimate of drug-likeness (QED) is 0.807. The molecule has 1 atom stereocenters. The molecule has 90 valence electrons. The van der Waals surface area contributed by atoms with Gasteiger partial charge in [0.25, 0.3) is 0 Å². The third kappa shape index (κ3) is 4.62. The van der Waals surface area contributed by atoms with E-state index < -0.39 is 5.82 Å². The van der Waals surface area contributed by atoms with Gasteiger partial charge in [0.05, 0.1) is 0 Å². The molecule has 1 unspecified atom stereocenters. The van der Waals surface area contributed by atoms with Gasteiger partial charge in [-0.2, -0.15) is 0 Å². The summed E-state index contributed by atoms with van der Waals surface area (Å²) in [6, 6.07) is 4.53. The van der Waals surface area contributed by atoms with E-state index in [4.69, 9.17) is 0 Å². The number of halogens is 1. The molecule has 3 heteroatoms. The summed E-state index contributed by atoms with van der Waals surface area (Å²) in [5.41, 5.74) is 0.771. The molecule has 0 aliphatic carbocycles. The van der Waals surface area contributed by atoms with Crippen LogP contribution in [-0.2, 0) is 6.54 Å². The molecule has 0 aliphatic rings. The fourth-order valence-corrected chi connectivity index (χ4v) is 1.82. The zero-order chi connectivity index (χ0) is 12.1. The first-order valence-corrected chi connectivity index (χ1v) is 5.69. The fourth-order valence-electron chi connectivity index (χ4n) is 1.82. The number of aromatic hydroxyl groups is 1. The van der Waals surface area contributed by atoms with Gasteiger partial charge in [-0.3, -0.25) is 0 Å². The molecule has 0 aliphatic heterocycles. The highest BCUT2D eigenvalue weighted by Crippen LogP contribution is 2.14. The first-order chi connectivity index (χ1) is 7.47. The minimum atomic E-state index is -0.395. The van der Waals surface area contributed by atoms with Gasteiger partial charge in [-0.05, 0) is 37.0 Å². The average molecular weight is 225 g/mol. The number of hydrogen-bond donors (Lipinski definition) is 2. The molecule has 0 bridgehead atoms. The van der Waals surface area contributed by atoms with E-state index >= 15 is 0 Å². The SMILES string of the molecule is CC(C)CC(C)NCc1cc(O)cc(F)c1. The third-order valence-corrected chi connectivity index (χ3v) is 2.42. The van der Waals surface area contributed by atoms with Crippen LogP contribution in [-0.4, -0.2) is 11.1 Å². The normalized spacial score (nSPS) is 13.1. The second-order valence-corrected chi connectivity index (χ2v) is 4.73. The van der Waals surface area contributed by atoms with Gasteiger partial charge >= 0.3 is 0 Å². The molecular formula is C13H20FNO. The van der Waals surface area contributed by atoms with E-state index in [1.807, 2.05) is 0 Å². The number of nitrogens with one attached hydrogen (secondary N) is 1. The number of rotatable bonds is 5. The molecule has 0 fully saturated rings. The molecule has 2 N–H and O–H groups in total. The number of phenolic OH excluding ortho intramolecular Hbond substituents is 1. The maximum atomic E-state index is 13.0. The third-order valence-electron chi connectivity index (χ3n) is 2.42. The van der Waals surface area contributed by atoms with Gasteiger partial charge in [-0.1, -0.05) is 13.8 Å². The molecule has 0 spiro atoms. The van der Waals surface area contributed by atoms with Crippen molar-refractivity contribution in [2.24, 2.45) is 5.92 Å². The Morgan fingerprint density at radius 2 is 1.94 bits per heavy atom. The van der Waals surface area contributed by atoms with E-state index in [-0.39, 0.29) is 5.75 Å². The fraction of sp³-hybridized carbons (Fsp3) is 0.538. The van der Waals surface area contributed by atoms with Crippen LogP contribution in [0.3, 0.4) is 0 Å². The van der Waals surface area contributed by atoms with Gasteiger partial charge < -0.3 is 10.4 Å². The molecule has 0 amide bonds. The van der Waals surface area contributed by atoms with Gasteiger partial charge in [-0.25, -0.2) is 4.39 Å². The van der Waals surface area contributed by atoms with Crippen LogP contribution in [0.2, 0.25) is 0 Å². The summed E-state index contributed by atoms with van der Waals surface area (Å²) in [6.45, 7) is 7.04. The maximum Gasteiger partial charge on any atom is 0.127 e. The lowest BCUT2D eigenvalue weighted by molar-refractivity contribution is 0.438. The van der Waals surface area contributed by atoms with E-state index in [2.05, 4.69) is 26.1 Å². The average Bonchev–Trinajstić information content (AvgIpc) is 2.12. The predicted molar refractivity (Wildman–Crippen MR) is 63.8 cm³/mol. The Morgan fingerprint density at radius 1 is 1.25 bits per heavy atom. The molecule has 0 radical (unpaired) electrons. The Balaban J connectivity index is 2.48. The van der Waals surface area contributed by atoms with Gasteiger partial charge in [0.1, 0.15) is 11.6 Å². The summed E-state index contributed by atoms with van der Waals surface area (Å²) in [7, 11) is 0. The Morgan fingerprint density at radius 3 is 2.50 bits per heavy atom. The molecular weight excluding hydrogens is 205 g/mol. The maximum absolute atomic E-state index is 13.0. The molecule has 0 saturated heterocycles. The minimum Gasteiger partial charge on any atom is -0.508 e. The molecule has 0 heterocycles. The van der Waals surface area contributed by atoms with Crippen LogP contribution < -0.4 is 5.32 Å². The van der Waals surface area contributed by atoms with E-state index in [0.29, 0.717) is 18.5 Å². The Bertz CT molecular complexity index is 318. The molecule has 1 aromatic carbocycles. The van der Waals surface area contributed by atoms with Crippen molar-refractivity contribution in [2.75, 3.05) is 0 Å². The standard InChI is InChI=1S/C13H20FNO/c1-9(2)4-10(3)15-8-11-5-12(14)7-13(16)6-11/h5-7,9-10,15-16H,4,8H2,1-3H3. The molecule has 16 heavy (non-hydrogen) atoms. The topological polar surface area (TPSA) is 32.3 Å². The van der Waals surface area contributed by atoms with Crippen molar-refractivity contribution in [2.45, 2.75) is 39.8 Å². The van der Waals surface area contributed by atoms with Crippen LogP contribution in [0.15, 0.2) is 18.2 Å². The van der Waals surface area contributed by atoms with Crippen LogP contribution in [0.5, 0.6) is 5.75 Å². The van der Waals surface area contributed by atoms with Crippen molar-refractivity contribution in [3.05, 3.63) is 29.6 Å². The van der Waals surface area contributed by atoms with Gasteiger partial charge in [-0.15, -0.1) is 0 Å². The van der Waals surface area contributed by atoms with E-state index in [9.17, 15) is 9.50 Å². The van der Waals surface area contributed by atoms with Crippen molar-refractivity contribution >= 4 is 0 Å². The number of hydrogen-bond acceptors (Lipinski definition) is 2. The van der Waals surface area contributed by atoms with Crippen LogP contribution in [0.4, 0.5) is 4.39 Å². The first-order valence-electron chi connectivity index (χ1n) is 5.69. The second kappa shape index (κ2) is 5.85. The Kier molecular flexibility index (Phi) is 4.74. The molecule has 1 aromatic rings. The smallest absolute Gasteiger partial charge is 0.127 e. The highest BCUT2D eigenvalue weighted by molar-refractivity contribution is 5.28. The largest absolute Gasteiger partial charge is 0.508 e. The lowest BCUT2D eigenvalue weighted by Gasteiger charge is -2.16. The highest BCUT2D eigenvalue weighted by atomic mass is 19.1. The zero-order valence-corrected chi connectivity index (χ0v) is 10.1. The van der Waals surface area contributed by atoms with E-state index in [1.54, 1.807) is 6.07 Å². The lowest BCUT2D eigenvalue weighted by Crippen LogP contribution is -2.26. The predicted octanol–water partition coefficient (Wildman–Crippen LogP) is 3.06. The summed E-state index contributed by atoms with van der Waals surface area (Å²) in [5, 5.41) is 12.5. The summed E-state index contributed by atoms with van der Waals surface area (Å²) in [6.07, 6.45) is 1.08. The van der Waals surface area contributed by atoms with Crippen molar-refractivity contribution in [3.63, 3.8) is 0 Å². The van der Waals surface area contributed by atoms with Gasteiger partial charge in [0.15, 0.2) is 0 Å². The summed E-state index contributed by atoms with van der Waals surface area (Å²) in [4.78, 5) is 0. The summed E-state index contributed by atoms with van der Waals surface area (Å²) >= 11 is 0. The zero-order valence-electron chi connectivity index (χ0n) is 10.1. The molecule has 0 saturated carbocycles. The van der Waals surface area contributed by atoms with Gasteiger partial charge in [0, 0.05) is 18.7 Å². The van der Waals surface area contributed by atoms with Crippen LogP contribution in [0.1, 0.15) is 32.8 Å². The van der Waals surface area contributed by atoms with Crippen molar-refractivity contribution in [3.8, 4) is 5.75 Å². The second-order valence-electron chi connectivity index (χ2n) is 4.73. The monoisotopic (exact) mass is 225 g/mol. The first kappa shape index (κ1) is 13.0. The van der Waals surface area contributed by atoms with Crippen LogP contribution in [0.25, 0.3) is 0 Å². The molecule has 2 nitrogen and oxygen atoms in total. The Labute approximate surface area is 96.5 Å². The summed E-state index contributed by atoms with van der Waals surface area (Å²) < 4.78 is 13.0. The van der Waals surface area contributed by atoms with Gasteiger partial charge in [0.2, 0.25) is 0 Å². The lowest BCUT2D eigenvalue weighted by atomic mass is 10.0. The minimum absolute atomic E-state index is 0.0201. The van der Waals surface area contributed by atoms with Crippen molar-refractivity contribution in [1.82, 2.24) is 5.32 Å². The van der Waals surface area contributed by atoms with E-state index in [0.717, 1.165) is 18.1 Å². The van der Waals surface area contributed by atoms with Crippen molar-refractivity contribution in [1.29, 1.82) is 0 Å². The van der Waals surface area contributed by atoms with E-state index in [1.165, 1.54) is 6.07 Å². The highest BCUT2D eigenvalue weighted by Gasteiger charge is 2.05. The number of benzene rings is 1. The summed E-state index contributed by atoms with van der Waals surface area (Å²) in [5.74, 6) is 0.227.